The van der Waals surface area contributed by atoms with Crippen molar-refractivity contribution in [2.75, 3.05) is 19.7 Å². The van der Waals surface area contributed by atoms with Crippen LogP contribution in [-0.4, -0.2) is 36.7 Å². The highest BCUT2D eigenvalue weighted by Gasteiger charge is 2.13. The second kappa shape index (κ2) is 11.5. The van der Waals surface area contributed by atoms with Gasteiger partial charge in [0.2, 0.25) is 0 Å². The van der Waals surface area contributed by atoms with E-state index in [1.54, 1.807) is 12.1 Å². The predicted molar refractivity (Wildman–Crippen MR) is 103 cm³/mol. The molecule has 1 fully saturated rings. The van der Waals surface area contributed by atoms with Gasteiger partial charge in [0.05, 0.1) is 17.6 Å². The molecule has 2 rings (SSSR count). The third kappa shape index (κ3) is 7.39. The summed E-state index contributed by atoms with van der Waals surface area (Å²) in [7, 11) is 0. The molecule has 0 amide bonds. The third-order valence-corrected chi connectivity index (χ3v) is 4.40. The van der Waals surface area contributed by atoms with Gasteiger partial charge in [-0.3, -0.25) is 10.1 Å². The van der Waals surface area contributed by atoms with Gasteiger partial charge in [0.15, 0.2) is 5.96 Å². The van der Waals surface area contributed by atoms with Crippen molar-refractivity contribution in [3.63, 3.8) is 0 Å². The number of benzene rings is 1. The summed E-state index contributed by atoms with van der Waals surface area (Å²) >= 11 is 0. The molecule has 1 aliphatic carbocycles. The average Bonchev–Trinajstić information content (AvgIpc) is 2.66. The molecule has 0 aromatic heterocycles. The van der Waals surface area contributed by atoms with E-state index in [4.69, 9.17) is 4.74 Å². The standard InChI is InChI=1S/C19H30N4O3/c1-2-20-19(21-12-7-13-26-18-10-4-3-5-11-18)22-15-16-8-6-9-17(14-16)23(24)25/h6,8-9,14,18H,2-5,7,10-13,15H2,1H3,(H2,20,21,22). The molecule has 1 aromatic carbocycles. The molecule has 26 heavy (non-hydrogen) atoms. The van der Waals surface area contributed by atoms with Gasteiger partial charge in [-0.2, -0.15) is 0 Å². The highest BCUT2D eigenvalue weighted by molar-refractivity contribution is 5.79. The fourth-order valence-electron chi connectivity index (χ4n) is 3.04. The van der Waals surface area contributed by atoms with Gasteiger partial charge in [0, 0.05) is 31.8 Å². The molecule has 0 unspecified atom stereocenters. The smallest absolute Gasteiger partial charge is 0.269 e. The highest BCUT2D eigenvalue weighted by atomic mass is 16.6. The molecule has 144 valence electrons. The van der Waals surface area contributed by atoms with Crippen LogP contribution in [0.15, 0.2) is 29.3 Å². The minimum atomic E-state index is -0.386. The molecule has 0 bridgehead atoms. The fraction of sp³-hybridized carbons (Fsp3) is 0.632. The number of nitro benzene ring substituents is 1. The maximum Gasteiger partial charge on any atom is 0.269 e. The summed E-state index contributed by atoms with van der Waals surface area (Å²) in [6, 6.07) is 6.58. The van der Waals surface area contributed by atoms with E-state index in [9.17, 15) is 10.1 Å². The maximum absolute atomic E-state index is 10.8. The molecule has 7 nitrogen and oxygen atoms in total. The van der Waals surface area contributed by atoms with Crippen LogP contribution in [0.5, 0.6) is 0 Å². The summed E-state index contributed by atoms with van der Waals surface area (Å²) in [6.07, 6.45) is 7.68. The lowest BCUT2D eigenvalue weighted by atomic mass is 9.98. The van der Waals surface area contributed by atoms with Crippen LogP contribution in [0, 0.1) is 10.1 Å². The van der Waals surface area contributed by atoms with E-state index in [0.29, 0.717) is 12.6 Å². The van der Waals surface area contributed by atoms with Crippen molar-refractivity contribution in [3.05, 3.63) is 39.9 Å². The Kier molecular flexibility index (Phi) is 8.89. The highest BCUT2D eigenvalue weighted by Crippen LogP contribution is 2.20. The summed E-state index contributed by atoms with van der Waals surface area (Å²) in [6.45, 7) is 4.72. The Balaban J connectivity index is 1.73. The molecule has 2 N–H and O–H groups in total. The quantitative estimate of drug-likeness (QED) is 0.231. The zero-order valence-corrected chi connectivity index (χ0v) is 15.6. The van der Waals surface area contributed by atoms with Crippen LogP contribution in [0.25, 0.3) is 0 Å². The number of nitro groups is 1. The summed E-state index contributed by atoms with van der Waals surface area (Å²) in [4.78, 5) is 15.0. The number of rotatable bonds is 9. The molecule has 7 heteroatoms. The molecule has 1 saturated carbocycles. The van der Waals surface area contributed by atoms with E-state index in [1.165, 1.54) is 38.2 Å². The number of hydrogen-bond donors (Lipinski definition) is 2. The van der Waals surface area contributed by atoms with E-state index in [-0.39, 0.29) is 10.6 Å². The Hall–Kier alpha value is -2.15. The molecule has 1 aliphatic rings. The van der Waals surface area contributed by atoms with Crippen LogP contribution in [0.4, 0.5) is 5.69 Å². The molecule has 0 radical (unpaired) electrons. The van der Waals surface area contributed by atoms with Gasteiger partial charge in [-0.25, -0.2) is 4.99 Å². The van der Waals surface area contributed by atoms with E-state index >= 15 is 0 Å². The Labute approximate surface area is 155 Å². The lowest BCUT2D eigenvalue weighted by Gasteiger charge is -2.22. The SMILES string of the molecule is CCNC(=NCc1cccc([N+](=O)[O-])c1)NCCCOC1CCCCC1. The number of ether oxygens (including phenoxy) is 1. The predicted octanol–water partition coefficient (Wildman–Crippen LogP) is 3.39. The minimum Gasteiger partial charge on any atom is -0.378 e. The van der Waals surface area contributed by atoms with Crippen LogP contribution in [0.3, 0.4) is 0 Å². The second-order valence-electron chi connectivity index (χ2n) is 6.53. The van der Waals surface area contributed by atoms with Gasteiger partial charge < -0.3 is 15.4 Å². The second-order valence-corrected chi connectivity index (χ2v) is 6.53. The van der Waals surface area contributed by atoms with Crippen molar-refractivity contribution in [2.24, 2.45) is 4.99 Å². The molecule has 0 saturated heterocycles. The normalized spacial score (nSPS) is 15.7. The number of aliphatic imine (C=N–C) groups is 1. The first kappa shape index (κ1) is 20.2. The van der Waals surface area contributed by atoms with E-state index in [0.717, 1.165) is 37.6 Å². The molecule has 0 aliphatic heterocycles. The average molecular weight is 362 g/mol. The van der Waals surface area contributed by atoms with Crippen LogP contribution in [-0.2, 0) is 11.3 Å². The first-order chi connectivity index (χ1) is 12.7. The van der Waals surface area contributed by atoms with Crippen LogP contribution in [0.2, 0.25) is 0 Å². The zero-order chi connectivity index (χ0) is 18.6. The van der Waals surface area contributed by atoms with Crippen molar-refractivity contribution >= 4 is 11.6 Å². The van der Waals surface area contributed by atoms with Crippen molar-refractivity contribution < 1.29 is 9.66 Å². The lowest BCUT2D eigenvalue weighted by molar-refractivity contribution is -0.384. The molecule has 0 atom stereocenters. The number of nitrogens with one attached hydrogen (secondary N) is 2. The fourth-order valence-corrected chi connectivity index (χ4v) is 3.04. The molecular formula is C19H30N4O3. The summed E-state index contributed by atoms with van der Waals surface area (Å²) in [5.41, 5.74) is 0.910. The van der Waals surface area contributed by atoms with Crippen LogP contribution in [0.1, 0.15) is 51.0 Å². The third-order valence-electron chi connectivity index (χ3n) is 4.40. The Morgan fingerprint density at radius 1 is 1.31 bits per heavy atom. The van der Waals surface area contributed by atoms with E-state index in [2.05, 4.69) is 15.6 Å². The first-order valence-electron chi connectivity index (χ1n) is 9.56. The van der Waals surface area contributed by atoms with Gasteiger partial charge in [-0.05, 0) is 31.7 Å². The molecule has 0 spiro atoms. The van der Waals surface area contributed by atoms with Crippen LogP contribution < -0.4 is 10.6 Å². The number of non-ortho nitro benzene ring substituents is 1. The van der Waals surface area contributed by atoms with Crippen LogP contribution >= 0.6 is 0 Å². The lowest BCUT2D eigenvalue weighted by Crippen LogP contribution is -2.38. The zero-order valence-electron chi connectivity index (χ0n) is 15.6. The Morgan fingerprint density at radius 3 is 2.85 bits per heavy atom. The topological polar surface area (TPSA) is 88.8 Å². The molecule has 0 heterocycles. The largest absolute Gasteiger partial charge is 0.378 e. The van der Waals surface area contributed by atoms with E-state index < -0.39 is 0 Å². The van der Waals surface area contributed by atoms with E-state index in [1.807, 2.05) is 13.0 Å². The van der Waals surface area contributed by atoms with Gasteiger partial charge in [0.1, 0.15) is 0 Å². The van der Waals surface area contributed by atoms with Gasteiger partial charge in [-0.1, -0.05) is 31.4 Å². The number of guanidine groups is 1. The Morgan fingerprint density at radius 2 is 2.12 bits per heavy atom. The van der Waals surface area contributed by atoms with Crippen molar-refractivity contribution in [3.8, 4) is 0 Å². The summed E-state index contributed by atoms with van der Waals surface area (Å²) in [5.74, 6) is 0.719. The van der Waals surface area contributed by atoms with Gasteiger partial charge in [-0.15, -0.1) is 0 Å². The molecule has 1 aromatic rings. The summed E-state index contributed by atoms with van der Waals surface area (Å²) in [5, 5.41) is 17.3. The monoisotopic (exact) mass is 362 g/mol. The van der Waals surface area contributed by atoms with Crippen molar-refractivity contribution in [1.82, 2.24) is 10.6 Å². The Bertz CT molecular complexity index is 586. The first-order valence-corrected chi connectivity index (χ1v) is 9.56. The maximum atomic E-state index is 10.8. The minimum absolute atomic E-state index is 0.0931. The summed E-state index contributed by atoms with van der Waals surface area (Å²) < 4.78 is 5.93. The van der Waals surface area contributed by atoms with Gasteiger partial charge >= 0.3 is 0 Å². The van der Waals surface area contributed by atoms with Crippen molar-refractivity contribution in [1.29, 1.82) is 0 Å². The van der Waals surface area contributed by atoms with Crippen molar-refractivity contribution in [2.45, 2.75) is 58.1 Å². The van der Waals surface area contributed by atoms with Gasteiger partial charge in [0.25, 0.3) is 5.69 Å². The number of hydrogen-bond acceptors (Lipinski definition) is 4. The number of nitrogens with zero attached hydrogens (tertiary/aromatic N) is 2. The molecular weight excluding hydrogens is 332 g/mol.